The fourth-order valence-corrected chi connectivity index (χ4v) is 4.77. The molecular weight excluding hydrogens is 336 g/mol. The van der Waals surface area contributed by atoms with Crippen molar-refractivity contribution >= 4 is 17.2 Å². The lowest BCUT2D eigenvalue weighted by atomic mass is 10.0. The third kappa shape index (κ3) is 3.90. The van der Waals surface area contributed by atoms with E-state index in [1.807, 2.05) is 11.4 Å². The van der Waals surface area contributed by atoms with E-state index in [0.717, 1.165) is 37.5 Å². The van der Waals surface area contributed by atoms with Crippen LogP contribution in [0.2, 0.25) is 0 Å². The molecule has 1 saturated heterocycles. The van der Waals surface area contributed by atoms with E-state index in [1.165, 1.54) is 54.6 Å². The fraction of sp³-hybridized carbons (Fsp3) is 0.647. The summed E-state index contributed by atoms with van der Waals surface area (Å²) < 4.78 is 1.54. The molecule has 7 nitrogen and oxygen atoms in total. The molecule has 0 spiro atoms. The van der Waals surface area contributed by atoms with Crippen LogP contribution >= 0.6 is 11.3 Å². The largest absolute Gasteiger partial charge is 0.348 e. The Hall–Kier alpha value is -1.80. The molecule has 0 aromatic carbocycles. The molecule has 1 aliphatic heterocycles. The number of aromatic nitrogens is 4. The highest BCUT2D eigenvalue weighted by molar-refractivity contribution is 7.12. The van der Waals surface area contributed by atoms with E-state index in [9.17, 15) is 4.79 Å². The Kier molecular flexibility index (Phi) is 5.07. The molecule has 1 saturated carbocycles. The lowest BCUT2D eigenvalue weighted by Gasteiger charge is -2.33. The van der Waals surface area contributed by atoms with Gasteiger partial charge in [0.15, 0.2) is 0 Å². The molecule has 0 bridgehead atoms. The molecule has 1 aliphatic carbocycles. The topological polar surface area (TPSA) is 75.9 Å². The van der Waals surface area contributed by atoms with Gasteiger partial charge < -0.3 is 10.2 Å². The van der Waals surface area contributed by atoms with E-state index in [4.69, 9.17) is 0 Å². The average Bonchev–Trinajstić information content (AvgIpc) is 3.38. The van der Waals surface area contributed by atoms with Crippen LogP contribution in [0.25, 0.3) is 5.69 Å². The first-order valence-electron chi connectivity index (χ1n) is 9.13. The number of amides is 1. The number of likely N-dealkylation sites (tertiary alicyclic amines) is 1. The minimum atomic E-state index is -0.0188. The number of carbonyl (C=O) groups excluding carboxylic acids is 1. The number of nitrogens with zero attached hydrogens (tertiary/aromatic N) is 5. The summed E-state index contributed by atoms with van der Waals surface area (Å²) in [5, 5.41) is 16.3. The molecule has 0 radical (unpaired) electrons. The lowest BCUT2D eigenvalue weighted by Crippen LogP contribution is -2.45. The molecule has 0 unspecified atom stereocenters. The van der Waals surface area contributed by atoms with Gasteiger partial charge in [-0.25, -0.2) is 0 Å². The van der Waals surface area contributed by atoms with Crippen LogP contribution in [0.5, 0.6) is 0 Å². The molecule has 8 heteroatoms. The van der Waals surface area contributed by atoms with Crippen LogP contribution in [-0.4, -0.2) is 56.7 Å². The van der Waals surface area contributed by atoms with Crippen LogP contribution in [0.3, 0.4) is 0 Å². The summed E-state index contributed by atoms with van der Waals surface area (Å²) in [7, 11) is 0. The molecule has 134 valence electrons. The molecule has 2 fully saturated rings. The van der Waals surface area contributed by atoms with Crippen molar-refractivity contribution < 1.29 is 4.79 Å². The number of thiophene rings is 1. The Morgan fingerprint density at radius 3 is 2.76 bits per heavy atom. The maximum absolute atomic E-state index is 12.7. The normalized spacial score (nSPS) is 20.2. The number of hydrogen-bond acceptors (Lipinski definition) is 6. The number of piperidine rings is 1. The second kappa shape index (κ2) is 7.61. The Balaban J connectivity index is 1.30. The van der Waals surface area contributed by atoms with Crippen LogP contribution in [0.4, 0.5) is 0 Å². The highest BCUT2D eigenvalue weighted by atomic mass is 32.1. The van der Waals surface area contributed by atoms with Crippen LogP contribution in [0.1, 0.15) is 48.2 Å². The third-order valence-electron chi connectivity index (χ3n) is 5.36. The summed E-state index contributed by atoms with van der Waals surface area (Å²) in [6, 6.07) is 2.14. The van der Waals surface area contributed by atoms with Gasteiger partial charge in [-0.15, -0.1) is 16.4 Å². The van der Waals surface area contributed by atoms with Gasteiger partial charge in [-0.05, 0) is 53.5 Å². The molecule has 2 aromatic heterocycles. The Bertz CT molecular complexity index is 686. The fourth-order valence-electron chi connectivity index (χ4n) is 3.99. The van der Waals surface area contributed by atoms with Gasteiger partial charge >= 0.3 is 0 Å². The van der Waals surface area contributed by atoms with Crippen molar-refractivity contribution in [1.82, 2.24) is 30.4 Å². The van der Waals surface area contributed by atoms with E-state index >= 15 is 0 Å². The van der Waals surface area contributed by atoms with E-state index in [0.29, 0.717) is 4.88 Å². The number of tetrazole rings is 1. The quantitative estimate of drug-likeness (QED) is 0.884. The first-order chi connectivity index (χ1) is 12.3. The molecule has 1 N–H and O–H groups in total. The van der Waals surface area contributed by atoms with Crippen molar-refractivity contribution in [2.45, 2.75) is 44.6 Å². The third-order valence-corrected chi connectivity index (χ3v) is 6.26. The Labute approximate surface area is 151 Å². The molecule has 0 atom stereocenters. The van der Waals surface area contributed by atoms with Gasteiger partial charge in [0.1, 0.15) is 11.2 Å². The summed E-state index contributed by atoms with van der Waals surface area (Å²) in [5.74, 6) is 0.880. The standard InChI is InChI=1S/C17H24N6OS/c24-17(16-15(7-10-25-16)23-12-18-20-21-23)19-14-5-8-22(9-6-14)11-13-3-1-2-4-13/h7,10,12-14H,1-6,8-9,11H2,(H,19,24). The number of rotatable bonds is 5. The van der Waals surface area contributed by atoms with Crippen molar-refractivity contribution in [1.29, 1.82) is 0 Å². The van der Waals surface area contributed by atoms with Crippen LogP contribution < -0.4 is 5.32 Å². The second-order valence-corrected chi connectivity index (χ2v) is 8.00. The predicted molar refractivity (Wildman–Crippen MR) is 95.9 cm³/mol. The number of nitrogens with one attached hydrogen (secondary N) is 1. The summed E-state index contributed by atoms with van der Waals surface area (Å²) in [6.45, 7) is 3.42. The molecular formula is C17H24N6OS. The zero-order chi connectivity index (χ0) is 17.1. The average molecular weight is 360 g/mol. The molecule has 2 aromatic rings. The van der Waals surface area contributed by atoms with E-state index < -0.39 is 0 Å². The van der Waals surface area contributed by atoms with Crippen molar-refractivity contribution in [3.05, 3.63) is 22.7 Å². The van der Waals surface area contributed by atoms with E-state index in [2.05, 4.69) is 25.7 Å². The summed E-state index contributed by atoms with van der Waals surface area (Å²) in [5.41, 5.74) is 0.742. The minimum absolute atomic E-state index is 0.0188. The van der Waals surface area contributed by atoms with Gasteiger partial charge in [-0.1, -0.05) is 12.8 Å². The monoisotopic (exact) mass is 360 g/mol. The Morgan fingerprint density at radius 2 is 2.04 bits per heavy atom. The van der Waals surface area contributed by atoms with Gasteiger partial charge in [-0.3, -0.25) is 4.79 Å². The lowest BCUT2D eigenvalue weighted by molar-refractivity contribution is 0.0909. The van der Waals surface area contributed by atoms with Crippen molar-refractivity contribution in [3.8, 4) is 5.69 Å². The zero-order valence-electron chi connectivity index (χ0n) is 14.3. The summed E-state index contributed by atoms with van der Waals surface area (Å²) in [4.78, 5) is 15.9. The van der Waals surface area contributed by atoms with Crippen molar-refractivity contribution in [2.24, 2.45) is 5.92 Å². The number of carbonyl (C=O) groups is 1. The maximum atomic E-state index is 12.7. The van der Waals surface area contributed by atoms with Gasteiger partial charge in [-0.2, -0.15) is 4.68 Å². The molecule has 25 heavy (non-hydrogen) atoms. The summed E-state index contributed by atoms with van der Waals surface area (Å²) >= 11 is 1.43. The van der Waals surface area contributed by atoms with Crippen LogP contribution in [0, 0.1) is 5.92 Å². The van der Waals surface area contributed by atoms with Gasteiger partial charge in [0.05, 0.1) is 5.69 Å². The molecule has 2 aliphatic rings. The first kappa shape index (κ1) is 16.7. The highest BCUT2D eigenvalue weighted by Gasteiger charge is 2.25. The maximum Gasteiger partial charge on any atom is 0.263 e. The van der Waals surface area contributed by atoms with E-state index in [1.54, 1.807) is 0 Å². The zero-order valence-corrected chi connectivity index (χ0v) is 15.1. The molecule has 1 amide bonds. The second-order valence-electron chi connectivity index (χ2n) is 7.09. The summed E-state index contributed by atoms with van der Waals surface area (Å²) in [6.07, 6.45) is 9.18. The number of hydrogen-bond donors (Lipinski definition) is 1. The Morgan fingerprint density at radius 1 is 1.24 bits per heavy atom. The minimum Gasteiger partial charge on any atom is -0.348 e. The van der Waals surface area contributed by atoms with Crippen molar-refractivity contribution in [3.63, 3.8) is 0 Å². The van der Waals surface area contributed by atoms with Crippen molar-refractivity contribution in [2.75, 3.05) is 19.6 Å². The predicted octanol–water partition coefficient (Wildman–Crippen LogP) is 2.11. The smallest absolute Gasteiger partial charge is 0.263 e. The SMILES string of the molecule is O=C(NC1CCN(CC2CCCC2)CC1)c1sccc1-n1cnnn1. The van der Waals surface area contributed by atoms with Gasteiger partial charge in [0.2, 0.25) is 0 Å². The highest BCUT2D eigenvalue weighted by Crippen LogP contribution is 2.26. The van der Waals surface area contributed by atoms with E-state index in [-0.39, 0.29) is 11.9 Å². The molecule has 4 rings (SSSR count). The molecule has 3 heterocycles. The van der Waals surface area contributed by atoms with Crippen LogP contribution in [0.15, 0.2) is 17.8 Å². The van der Waals surface area contributed by atoms with Crippen LogP contribution in [-0.2, 0) is 0 Å². The van der Waals surface area contributed by atoms with Gasteiger partial charge in [0.25, 0.3) is 5.91 Å². The van der Waals surface area contributed by atoms with Gasteiger partial charge in [0, 0.05) is 25.7 Å². The first-order valence-corrected chi connectivity index (χ1v) is 10.0.